The molecule has 4 nitrogen and oxygen atoms in total. The highest BCUT2D eigenvalue weighted by atomic mass is 16.1. The van der Waals surface area contributed by atoms with Crippen LogP contribution in [0.1, 0.15) is 43.2 Å². The van der Waals surface area contributed by atoms with Gasteiger partial charge in [-0.1, -0.05) is 18.6 Å². The highest BCUT2D eigenvalue weighted by molar-refractivity contribution is 5.70. The molecule has 0 saturated carbocycles. The van der Waals surface area contributed by atoms with Crippen molar-refractivity contribution < 1.29 is 4.79 Å². The van der Waals surface area contributed by atoms with Gasteiger partial charge in [-0.05, 0) is 13.3 Å². The second kappa shape index (κ2) is 3.99. The molecule has 0 aliphatic heterocycles. The average Bonchev–Trinajstić information content (AvgIpc) is 2.52. The summed E-state index contributed by atoms with van der Waals surface area (Å²) < 4.78 is 1.73. The first-order valence-corrected chi connectivity index (χ1v) is 4.15. The van der Waals surface area contributed by atoms with Crippen molar-refractivity contribution in [1.82, 2.24) is 15.0 Å². The number of carbonyl (C=O) groups excluding carboxylic acids is 1. The molecule has 0 aromatic carbocycles. The number of aromatic nitrogens is 3. The van der Waals surface area contributed by atoms with Crippen LogP contribution in [0.3, 0.4) is 0 Å². The van der Waals surface area contributed by atoms with Crippen LogP contribution in [0.25, 0.3) is 0 Å². The van der Waals surface area contributed by atoms with Crippen LogP contribution in [0, 0.1) is 0 Å². The van der Waals surface area contributed by atoms with E-state index in [-0.39, 0.29) is 0 Å². The smallest absolute Gasteiger partial charge is 0.171 e. The SMILES string of the molecule is CCCC(C)n1cc(C=O)nn1. The molecule has 0 N–H and O–H groups in total. The largest absolute Gasteiger partial charge is 0.296 e. The summed E-state index contributed by atoms with van der Waals surface area (Å²) >= 11 is 0. The van der Waals surface area contributed by atoms with E-state index in [0.717, 1.165) is 12.8 Å². The molecule has 0 aliphatic rings. The minimum absolute atomic E-state index is 0.330. The molecule has 0 fully saturated rings. The van der Waals surface area contributed by atoms with Crippen molar-refractivity contribution in [2.24, 2.45) is 0 Å². The predicted octanol–water partition coefficient (Wildman–Crippen LogP) is 1.45. The highest BCUT2D eigenvalue weighted by Gasteiger charge is 2.05. The lowest BCUT2D eigenvalue weighted by atomic mass is 10.2. The van der Waals surface area contributed by atoms with Crippen LogP contribution in [0.2, 0.25) is 0 Å². The number of aldehydes is 1. The molecule has 0 amide bonds. The molecule has 1 atom stereocenters. The summed E-state index contributed by atoms with van der Waals surface area (Å²) in [6.07, 6.45) is 4.55. The summed E-state index contributed by atoms with van der Waals surface area (Å²) in [5.74, 6) is 0. The van der Waals surface area contributed by atoms with Crippen molar-refractivity contribution in [3.05, 3.63) is 11.9 Å². The van der Waals surface area contributed by atoms with E-state index < -0.39 is 0 Å². The van der Waals surface area contributed by atoms with Crippen molar-refractivity contribution >= 4 is 6.29 Å². The van der Waals surface area contributed by atoms with Crippen molar-refractivity contribution in [2.75, 3.05) is 0 Å². The minimum atomic E-state index is 0.330. The molecule has 0 bridgehead atoms. The van der Waals surface area contributed by atoms with Crippen molar-refractivity contribution in [2.45, 2.75) is 32.7 Å². The normalized spacial score (nSPS) is 12.8. The van der Waals surface area contributed by atoms with E-state index in [1.165, 1.54) is 0 Å². The minimum Gasteiger partial charge on any atom is -0.296 e. The zero-order chi connectivity index (χ0) is 8.97. The van der Waals surface area contributed by atoms with Gasteiger partial charge in [0.25, 0.3) is 0 Å². The maximum absolute atomic E-state index is 10.3. The lowest BCUT2D eigenvalue weighted by Crippen LogP contribution is -2.05. The van der Waals surface area contributed by atoms with Crippen LogP contribution in [0.5, 0.6) is 0 Å². The van der Waals surface area contributed by atoms with Crippen LogP contribution in [0.15, 0.2) is 6.20 Å². The maximum Gasteiger partial charge on any atom is 0.171 e. The molecule has 0 aliphatic carbocycles. The lowest BCUT2D eigenvalue weighted by molar-refractivity contribution is 0.111. The highest BCUT2D eigenvalue weighted by Crippen LogP contribution is 2.10. The van der Waals surface area contributed by atoms with Crippen molar-refractivity contribution in [3.8, 4) is 0 Å². The second-order valence-electron chi connectivity index (χ2n) is 2.88. The van der Waals surface area contributed by atoms with E-state index in [1.54, 1.807) is 10.9 Å². The van der Waals surface area contributed by atoms with Crippen LogP contribution >= 0.6 is 0 Å². The molecule has 1 aromatic heterocycles. The number of hydrogen-bond acceptors (Lipinski definition) is 3. The third kappa shape index (κ3) is 1.90. The standard InChI is InChI=1S/C8H13N3O/c1-3-4-7(2)11-5-8(6-12)9-10-11/h5-7H,3-4H2,1-2H3. The quantitative estimate of drug-likeness (QED) is 0.638. The molecule has 1 aromatic rings. The Morgan fingerprint density at radius 3 is 3.00 bits per heavy atom. The van der Waals surface area contributed by atoms with Gasteiger partial charge in [-0.25, -0.2) is 4.68 Å². The Labute approximate surface area is 71.6 Å². The summed E-state index contributed by atoms with van der Waals surface area (Å²) in [5.41, 5.74) is 0.401. The maximum atomic E-state index is 10.3. The van der Waals surface area contributed by atoms with E-state index in [9.17, 15) is 4.79 Å². The Hall–Kier alpha value is -1.19. The Balaban J connectivity index is 2.67. The summed E-state index contributed by atoms with van der Waals surface area (Å²) in [4.78, 5) is 10.3. The number of nitrogens with zero attached hydrogens (tertiary/aromatic N) is 3. The number of rotatable bonds is 4. The van der Waals surface area contributed by atoms with Crippen LogP contribution in [-0.2, 0) is 0 Å². The molecule has 0 spiro atoms. The third-order valence-corrected chi connectivity index (χ3v) is 1.81. The van der Waals surface area contributed by atoms with Crippen LogP contribution in [-0.4, -0.2) is 21.3 Å². The molecule has 4 heteroatoms. The topological polar surface area (TPSA) is 47.8 Å². The Morgan fingerprint density at radius 2 is 2.50 bits per heavy atom. The molecule has 0 radical (unpaired) electrons. The van der Waals surface area contributed by atoms with Gasteiger partial charge in [0.15, 0.2) is 6.29 Å². The fourth-order valence-corrected chi connectivity index (χ4v) is 1.11. The van der Waals surface area contributed by atoms with Crippen molar-refractivity contribution in [1.29, 1.82) is 0 Å². The number of hydrogen-bond donors (Lipinski definition) is 0. The third-order valence-electron chi connectivity index (χ3n) is 1.81. The van der Waals surface area contributed by atoms with Gasteiger partial charge < -0.3 is 0 Å². The fourth-order valence-electron chi connectivity index (χ4n) is 1.11. The predicted molar refractivity (Wildman–Crippen MR) is 45.0 cm³/mol. The molecule has 1 heterocycles. The molecule has 1 rings (SSSR count). The number of carbonyl (C=O) groups is 1. The van der Waals surface area contributed by atoms with Gasteiger partial charge in [-0.3, -0.25) is 4.79 Å². The van der Waals surface area contributed by atoms with Gasteiger partial charge >= 0.3 is 0 Å². The summed E-state index contributed by atoms with van der Waals surface area (Å²) in [6.45, 7) is 4.18. The first-order chi connectivity index (χ1) is 5.77. The van der Waals surface area contributed by atoms with E-state index in [0.29, 0.717) is 18.0 Å². The Bertz CT molecular complexity index is 257. The molecule has 12 heavy (non-hydrogen) atoms. The Kier molecular flexibility index (Phi) is 2.96. The summed E-state index contributed by atoms with van der Waals surface area (Å²) in [6, 6.07) is 0.330. The van der Waals surface area contributed by atoms with Crippen LogP contribution in [0.4, 0.5) is 0 Å². The van der Waals surface area contributed by atoms with Crippen molar-refractivity contribution in [3.63, 3.8) is 0 Å². The fraction of sp³-hybridized carbons (Fsp3) is 0.625. The lowest BCUT2D eigenvalue weighted by Gasteiger charge is -2.07. The van der Waals surface area contributed by atoms with Gasteiger partial charge in [0.05, 0.1) is 12.2 Å². The summed E-state index contributed by atoms with van der Waals surface area (Å²) in [7, 11) is 0. The molecule has 0 saturated heterocycles. The molecule has 66 valence electrons. The molecule has 1 unspecified atom stereocenters. The molecular weight excluding hydrogens is 154 g/mol. The van der Waals surface area contributed by atoms with E-state index in [1.807, 2.05) is 0 Å². The Morgan fingerprint density at radius 1 is 1.75 bits per heavy atom. The average molecular weight is 167 g/mol. The van der Waals surface area contributed by atoms with E-state index in [2.05, 4.69) is 24.2 Å². The zero-order valence-corrected chi connectivity index (χ0v) is 7.40. The van der Waals surface area contributed by atoms with Gasteiger partial charge in [0, 0.05) is 0 Å². The van der Waals surface area contributed by atoms with Gasteiger partial charge in [-0.15, -0.1) is 5.10 Å². The monoisotopic (exact) mass is 167 g/mol. The zero-order valence-electron chi connectivity index (χ0n) is 7.40. The van der Waals surface area contributed by atoms with E-state index >= 15 is 0 Å². The summed E-state index contributed by atoms with van der Waals surface area (Å²) in [5, 5.41) is 7.52. The molecular formula is C8H13N3O. The first-order valence-electron chi connectivity index (χ1n) is 4.15. The van der Waals surface area contributed by atoms with Gasteiger partial charge in [-0.2, -0.15) is 0 Å². The van der Waals surface area contributed by atoms with Gasteiger partial charge in [0.2, 0.25) is 0 Å². The van der Waals surface area contributed by atoms with Crippen LogP contribution < -0.4 is 0 Å². The first kappa shape index (κ1) is 8.90. The second-order valence-corrected chi connectivity index (χ2v) is 2.88. The van der Waals surface area contributed by atoms with Gasteiger partial charge in [0.1, 0.15) is 5.69 Å². The van der Waals surface area contributed by atoms with E-state index in [4.69, 9.17) is 0 Å².